The first-order chi connectivity index (χ1) is 9.57. The van der Waals surface area contributed by atoms with E-state index in [-0.39, 0.29) is 121 Å². The van der Waals surface area contributed by atoms with Crippen LogP contribution in [0.2, 0.25) is 0 Å². The third kappa shape index (κ3) is 7.13. The number of aromatic nitrogens is 2. The van der Waals surface area contributed by atoms with Gasteiger partial charge in [0.1, 0.15) is 15.9 Å². The van der Waals surface area contributed by atoms with Gasteiger partial charge in [-0.2, -0.15) is 0 Å². The first-order valence-electron chi connectivity index (χ1n) is 5.96. The molecule has 1 atom stereocenters. The van der Waals surface area contributed by atoms with Crippen molar-refractivity contribution < 1.29 is 129 Å². The van der Waals surface area contributed by atoms with Crippen LogP contribution in [0.4, 0.5) is 0 Å². The summed E-state index contributed by atoms with van der Waals surface area (Å²) in [6.45, 7) is 1.31. The molecule has 0 aliphatic carbocycles. The zero-order chi connectivity index (χ0) is 15.8. The predicted molar refractivity (Wildman–Crippen MR) is 71.5 cm³/mol. The Hall–Kier alpha value is 1.78. The molecule has 2 aromatic rings. The SMILES string of the molecule is CC(CCc1nc2ccc(S(=O)(=O)[O-])cc2[nH]1)S(=O)(=O)[O-].[K+].[K+]. The Morgan fingerprint density at radius 1 is 1.17 bits per heavy atom. The van der Waals surface area contributed by atoms with Crippen molar-refractivity contribution in [2.75, 3.05) is 0 Å². The molecule has 0 aliphatic rings. The number of nitrogens with zero attached hydrogens (tertiary/aromatic N) is 1. The Kier molecular flexibility index (Phi) is 10.4. The van der Waals surface area contributed by atoms with Crippen LogP contribution in [0.25, 0.3) is 11.0 Å². The molecule has 2 rings (SSSR count). The Balaban J connectivity index is 0.00000242. The fraction of sp³-hybridized carbons (Fsp3) is 0.364. The fourth-order valence-electron chi connectivity index (χ4n) is 1.80. The van der Waals surface area contributed by atoms with Crippen molar-refractivity contribution in [2.45, 2.75) is 29.9 Å². The van der Waals surface area contributed by atoms with Crippen LogP contribution in [0, 0.1) is 0 Å². The Labute approximate surface area is 219 Å². The van der Waals surface area contributed by atoms with Gasteiger partial charge in [-0.05, 0) is 31.5 Å². The summed E-state index contributed by atoms with van der Waals surface area (Å²) in [5, 5.41) is -1.04. The maximum absolute atomic E-state index is 10.9. The van der Waals surface area contributed by atoms with Gasteiger partial charge in [-0.3, -0.25) is 0 Å². The Morgan fingerprint density at radius 3 is 2.30 bits per heavy atom. The summed E-state index contributed by atoms with van der Waals surface area (Å²) in [5.41, 5.74) is 0.814. The molecule has 116 valence electrons. The number of imidazole rings is 1. The van der Waals surface area contributed by atoms with Crippen LogP contribution in [0.3, 0.4) is 0 Å². The molecule has 8 nitrogen and oxygen atoms in total. The summed E-state index contributed by atoms with van der Waals surface area (Å²) >= 11 is 0. The van der Waals surface area contributed by atoms with E-state index in [2.05, 4.69) is 9.97 Å². The summed E-state index contributed by atoms with van der Waals surface area (Å²) in [7, 11) is -8.89. The van der Waals surface area contributed by atoms with Crippen molar-refractivity contribution in [2.24, 2.45) is 0 Å². The van der Waals surface area contributed by atoms with Crippen molar-refractivity contribution in [3.8, 4) is 0 Å². The largest absolute Gasteiger partial charge is 1.00 e. The molecule has 0 aliphatic heterocycles. The molecule has 12 heteroatoms. The fourth-order valence-corrected chi connectivity index (χ4v) is 2.70. The van der Waals surface area contributed by atoms with Gasteiger partial charge in [0.2, 0.25) is 0 Å². The average molecular weight is 411 g/mol. The van der Waals surface area contributed by atoms with E-state index in [9.17, 15) is 25.9 Å². The number of aromatic amines is 1. The summed E-state index contributed by atoms with van der Waals surface area (Å²) < 4.78 is 65.1. The molecular formula is C11H12K2N2O6S2. The molecule has 0 saturated carbocycles. The minimum Gasteiger partial charge on any atom is -0.748 e. The topological polar surface area (TPSA) is 143 Å². The van der Waals surface area contributed by atoms with E-state index in [1.807, 2.05) is 0 Å². The summed E-state index contributed by atoms with van der Waals surface area (Å²) in [4.78, 5) is 6.57. The monoisotopic (exact) mass is 410 g/mol. The molecule has 1 aromatic heterocycles. The van der Waals surface area contributed by atoms with E-state index in [1.54, 1.807) is 0 Å². The van der Waals surface area contributed by atoms with E-state index in [1.165, 1.54) is 19.1 Å². The van der Waals surface area contributed by atoms with Gasteiger partial charge in [0.05, 0.1) is 26.0 Å². The zero-order valence-corrected chi connectivity index (χ0v) is 20.8. The van der Waals surface area contributed by atoms with Gasteiger partial charge in [0, 0.05) is 11.7 Å². The third-order valence-corrected chi connectivity index (χ3v) is 5.12. The summed E-state index contributed by atoms with van der Waals surface area (Å²) in [6.07, 6.45) is 0.315. The minimum atomic E-state index is -4.55. The predicted octanol–water partition coefficient (Wildman–Crippen LogP) is -5.66. The molecule has 1 heterocycles. The number of nitrogens with one attached hydrogen (secondary N) is 1. The van der Waals surface area contributed by atoms with Crippen molar-refractivity contribution >= 4 is 31.3 Å². The van der Waals surface area contributed by atoms with Crippen molar-refractivity contribution in [3.05, 3.63) is 24.0 Å². The minimum absolute atomic E-state index is 0. The van der Waals surface area contributed by atoms with Gasteiger partial charge < -0.3 is 14.1 Å². The second-order valence-electron chi connectivity index (χ2n) is 4.66. The molecule has 0 spiro atoms. The summed E-state index contributed by atoms with van der Waals surface area (Å²) in [5.74, 6) is 0.418. The molecule has 1 N–H and O–H groups in total. The number of fused-ring (bicyclic) bond motifs is 1. The van der Waals surface area contributed by atoms with Gasteiger partial charge in [-0.15, -0.1) is 0 Å². The van der Waals surface area contributed by atoms with Crippen molar-refractivity contribution in [1.29, 1.82) is 0 Å². The standard InChI is InChI=1S/C11H14N2O6S2.2K/c1-7(20(14,15)16)2-5-11-12-9-4-3-8(21(17,18)19)6-10(9)13-11;;/h3-4,6-7H,2,5H2,1H3,(H,12,13)(H,14,15,16)(H,17,18,19);;/q;2*+1/p-2. The molecule has 1 unspecified atom stereocenters. The molecular weight excluding hydrogens is 398 g/mol. The molecule has 0 saturated heterocycles. The normalized spacial score (nSPS) is 13.2. The molecule has 0 fully saturated rings. The maximum atomic E-state index is 10.9. The van der Waals surface area contributed by atoms with E-state index < -0.39 is 25.5 Å². The zero-order valence-electron chi connectivity index (χ0n) is 12.9. The first kappa shape index (κ1) is 24.8. The second kappa shape index (κ2) is 9.64. The van der Waals surface area contributed by atoms with Gasteiger partial charge in [0.15, 0.2) is 0 Å². The number of benzene rings is 1. The smallest absolute Gasteiger partial charge is 0.748 e. The van der Waals surface area contributed by atoms with Gasteiger partial charge >= 0.3 is 103 Å². The van der Waals surface area contributed by atoms with Crippen LogP contribution < -0.4 is 103 Å². The Bertz CT molecular complexity index is 879. The van der Waals surface area contributed by atoms with Gasteiger partial charge in [-0.1, -0.05) is 0 Å². The first-order valence-corrected chi connectivity index (χ1v) is 8.84. The molecule has 0 radical (unpaired) electrons. The van der Waals surface area contributed by atoms with Crippen LogP contribution in [0.5, 0.6) is 0 Å². The van der Waals surface area contributed by atoms with E-state index in [4.69, 9.17) is 0 Å². The van der Waals surface area contributed by atoms with Crippen LogP contribution >= 0.6 is 0 Å². The molecule has 1 aromatic carbocycles. The van der Waals surface area contributed by atoms with Crippen molar-refractivity contribution in [3.63, 3.8) is 0 Å². The number of hydrogen-bond acceptors (Lipinski definition) is 7. The van der Waals surface area contributed by atoms with Crippen LogP contribution in [0.1, 0.15) is 19.2 Å². The third-order valence-electron chi connectivity index (χ3n) is 3.07. The number of aryl methyl sites for hydroxylation is 1. The number of H-pyrrole nitrogens is 1. The Morgan fingerprint density at radius 2 is 1.78 bits per heavy atom. The van der Waals surface area contributed by atoms with E-state index in [0.29, 0.717) is 16.9 Å². The van der Waals surface area contributed by atoms with Gasteiger partial charge in [-0.25, -0.2) is 21.8 Å². The van der Waals surface area contributed by atoms with E-state index in [0.717, 1.165) is 6.07 Å². The van der Waals surface area contributed by atoms with Crippen molar-refractivity contribution in [1.82, 2.24) is 9.97 Å². The number of hydrogen-bond donors (Lipinski definition) is 1. The van der Waals surface area contributed by atoms with Crippen LogP contribution in [-0.4, -0.2) is 41.2 Å². The molecule has 0 bridgehead atoms. The molecule has 0 amide bonds. The average Bonchev–Trinajstić information content (AvgIpc) is 2.75. The van der Waals surface area contributed by atoms with Gasteiger partial charge in [0.25, 0.3) is 0 Å². The molecule has 23 heavy (non-hydrogen) atoms. The number of rotatable bonds is 5. The van der Waals surface area contributed by atoms with Crippen LogP contribution in [-0.2, 0) is 26.7 Å². The van der Waals surface area contributed by atoms with Crippen LogP contribution in [0.15, 0.2) is 23.1 Å². The van der Waals surface area contributed by atoms with E-state index >= 15 is 0 Å². The quantitative estimate of drug-likeness (QED) is 0.382. The second-order valence-corrected chi connectivity index (χ2v) is 7.83. The maximum Gasteiger partial charge on any atom is 1.00 e. The summed E-state index contributed by atoms with van der Waals surface area (Å²) in [6, 6.07) is 3.70.